The van der Waals surface area contributed by atoms with Gasteiger partial charge in [-0.1, -0.05) is 48.5 Å². The van der Waals surface area contributed by atoms with E-state index >= 15 is 0 Å². The van der Waals surface area contributed by atoms with Crippen LogP contribution in [0.4, 0.5) is 0 Å². The van der Waals surface area contributed by atoms with Crippen molar-refractivity contribution in [3.63, 3.8) is 0 Å². The molecular weight excluding hydrogens is 466 g/mol. The van der Waals surface area contributed by atoms with Gasteiger partial charge in [0, 0.05) is 12.1 Å². The van der Waals surface area contributed by atoms with E-state index in [1.54, 1.807) is 54.6 Å². The number of hydrogen-bond donors (Lipinski definition) is 3. The van der Waals surface area contributed by atoms with E-state index in [0.717, 1.165) is 5.56 Å². The third-order valence-electron chi connectivity index (χ3n) is 5.82. The molecule has 1 heterocycles. The summed E-state index contributed by atoms with van der Waals surface area (Å²) in [5.74, 6) is -3.70. The zero-order valence-electron chi connectivity index (χ0n) is 19.9. The van der Waals surface area contributed by atoms with Crippen molar-refractivity contribution in [2.24, 2.45) is 0 Å². The van der Waals surface area contributed by atoms with Gasteiger partial charge in [0.15, 0.2) is 0 Å². The molecule has 2 aromatic carbocycles. The third kappa shape index (κ3) is 7.14. The van der Waals surface area contributed by atoms with Gasteiger partial charge >= 0.3 is 11.9 Å². The van der Waals surface area contributed by atoms with Crippen molar-refractivity contribution in [2.45, 2.75) is 50.9 Å². The summed E-state index contributed by atoms with van der Waals surface area (Å²) >= 11 is 0. The molecule has 0 spiro atoms. The molecule has 0 aliphatic carbocycles. The average Bonchev–Trinajstić information content (AvgIpc) is 3.38. The second-order valence-electron chi connectivity index (χ2n) is 8.50. The molecule has 190 valence electrons. The van der Waals surface area contributed by atoms with E-state index < -0.39 is 54.2 Å². The fourth-order valence-electron chi connectivity index (χ4n) is 3.92. The number of likely N-dealkylation sites (tertiary alicyclic amines) is 1. The minimum Gasteiger partial charge on any atom is -0.480 e. The number of amides is 3. The average molecular weight is 496 g/mol. The lowest BCUT2D eigenvalue weighted by molar-refractivity contribution is -0.149. The van der Waals surface area contributed by atoms with Crippen LogP contribution in [0, 0.1) is 0 Å². The largest absolute Gasteiger partial charge is 0.480 e. The van der Waals surface area contributed by atoms with Crippen LogP contribution in [0.2, 0.25) is 0 Å². The predicted octanol–water partition coefficient (Wildman–Crippen LogP) is 1.50. The Morgan fingerprint density at radius 2 is 1.64 bits per heavy atom. The second kappa shape index (κ2) is 12.5. The van der Waals surface area contributed by atoms with Gasteiger partial charge in [-0.3, -0.25) is 19.2 Å². The number of benzene rings is 2. The summed E-state index contributed by atoms with van der Waals surface area (Å²) in [6.07, 6.45) is 0.427. The van der Waals surface area contributed by atoms with Gasteiger partial charge in [0.05, 0.1) is 6.42 Å². The zero-order chi connectivity index (χ0) is 26.1. The Balaban J connectivity index is 1.67. The first-order chi connectivity index (χ1) is 17.3. The fraction of sp³-hybridized carbons (Fsp3) is 0.346. The van der Waals surface area contributed by atoms with Crippen molar-refractivity contribution in [1.82, 2.24) is 15.5 Å². The van der Waals surface area contributed by atoms with Crippen molar-refractivity contribution in [2.75, 3.05) is 6.54 Å². The topological polar surface area (TPSA) is 142 Å². The Morgan fingerprint density at radius 3 is 2.28 bits per heavy atom. The van der Waals surface area contributed by atoms with Gasteiger partial charge in [0.25, 0.3) is 5.91 Å². The summed E-state index contributed by atoms with van der Waals surface area (Å²) < 4.78 is 5.26. The molecule has 36 heavy (non-hydrogen) atoms. The van der Waals surface area contributed by atoms with Gasteiger partial charge < -0.3 is 25.4 Å². The number of carboxylic acids is 1. The van der Waals surface area contributed by atoms with Crippen molar-refractivity contribution in [1.29, 1.82) is 0 Å². The highest BCUT2D eigenvalue weighted by molar-refractivity contribution is 5.99. The molecule has 0 bridgehead atoms. The Bertz CT molecular complexity index is 1090. The normalized spacial score (nSPS) is 16.5. The van der Waals surface area contributed by atoms with Gasteiger partial charge in [-0.15, -0.1) is 0 Å². The SMILES string of the molecule is C[C@H](NC(=O)C(CC(=O)OCc1ccccc1)NC(=O)c1ccccc1)C(=O)N1CCC[C@H]1C(=O)O. The third-order valence-corrected chi connectivity index (χ3v) is 5.82. The van der Waals surface area contributed by atoms with E-state index in [0.29, 0.717) is 18.4 Å². The first kappa shape index (κ1) is 26.4. The molecular formula is C26H29N3O7. The van der Waals surface area contributed by atoms with Crippen LogP contribution in [0.15, 0.2) is 60.7 Å². The highest BCUT2D eigenvalue weighted by Gasteiger charge is 2.37. The predicted molar refractivity (Wildman–Crippen MR) is 129 cm³/mol. The van der Waals surface area contributed by atoms with Crippen LogP contribution in [0.5, 0.6) is 0 Å². The molecule has 1 saturated heterocycles. The van der Waals surface area contributed by atoms with E-state index in [1.165, 1.54) is 11.8 Å². The summed E-state index contributed by atoms with van der Waals surface area (Å²) in [6, 6.07) is 13.8. The number of rotatable bonds is 10. The Morgan fingerprint density at radius 1 is 1.00 bits per heavy atom. The Kier molecular flexibility index (Phi) is 9.15. The number of hydrogen-bond acceptors (Lipinski definition) is 6. The number of carboxylic acid groups (broad SMARTS) is 1. The number of nitrogens with one attached hydrogen (secondary N) is 2. The monoisotopic (exact) mass is 495 g/mol. The van der Waals surface area contributed by atoms with Crippen LogP contribution in [0.3, 0.4) is 0 Å². The van der Waals surface area contributed by atoms with Crippen LogP contribution in [0.1, 0.15) is 42.1 Å². The number of nitrogens with zero attached hydrogens (tertiary/aromatic N) is 1. The number of ether oxygens (including phenoxy) is 1. The van der Waals surface area contributed by atoms with E-state index in [4.69, 9.17) is 4.74 Å². The zero-order valence-corrected chi connectivity index (χ0v) is 19.9. The molecule has 1 aliphatic heterocycles. The van der Waals surface area contributed by atoms with Crippen molar-refractivity contribution >= 4 is 29.7 Å². The molecule has 1 aliphatic rings. The second-order valence-corrected chi connectivity index (χ2v) is 8.50. The first-order valence-electron chi connectivity index (χ1n) is 11.7. The summed E-state index contributed by atoms with van der Waals surface area (Å²) in [6.45, 7) is 1.71. The first-order valence-corrected chi connectivity index (χ1v) is 11.7. The van der Waals surface area contributed by atoms with E-state index in [9.17, 15) is 29.1 Å². The molecule has 0 saturated carbocycles. The van der Waals surface area contributed by atoms with Crippen LogP contribution >= 0.6 is 0 Å². The summed E-state index contributed by atoms with van der Waals surface area (Å²) in [5, 5.41) is 14.4. The molecule has 10 nitrogen and oxygen atoms in total. The molecule has 3 atom stereocenters. The van der Waals surface area contributed by atoms with Gasteiger partial charge in [0.2, 0.25) is 11.8 Å². The molecule has 3 N–H and O–H groups in total. The highest BCUT2D eigenvalue weighted by atomic mass is 16.5. The van der Waals surface area contributed by atoms with Crippen molar-refractivity contribution in [3.8, 4) is 0 Å². The maximum Gasteiger partial charge on any atom is 0.326 e. The smallest absolute Gasteiger partial charge is 0.326 e. The molecule has 2 aromatic rings. The highest BCUT2D eigenvalue weighted by Crippen LogP contribution is 2.18. The lowest BCUT2D eigenvalue weighted by Gasteiger charge is -2.26. The Hall–Kier alpha value is -4.21. The van der Waals surface area contributed by atoms with Crippen LogP contribution < -0.4 is 10.6 Å². The Labute approximate surface area is 208 Å². The molecule has 0 aromatic heterocycles. The van der Waals surface area contributed by atoms with Gasteiger partial charge in [-0.2, -0.15) is 0 Å². The molecule has 1 unspecified atom stereocenters. The molecule has 10 heteroatoms. The van der Waals surface area contributed by atoms with Crippen LogP contribution in [-0.2, 0) is 30.5 Å². The summed E-state index contributed by atoms with van der Waals surface area (Å²) in [4.78, 5) is 63.7. The molecule has 3 amide bonds. The molecule has 1 fully saturated rings. The van der Waals surface area contributed by atoms with Crippen molar-refractivity contribution in [3.05, 3.63) is 71.8 Å². The number of aliphatic carboxylic acids is 1. The lowest BCUT2D eigenvalue weighted by Crippen LogP contribution is -2.55. The van der Waals surface area contributed by atoms with Gasteiger partial charge in [-0.25, -0.2) is 4.79 Å². The van der Waals surface area contributed by atoms with E-state index in [1.807, 2.05) is 6.07 Å². The fourth-order valence-corrected chi connectivity index (χ4v) is 3.92. The van der Waals surface area contributed by atoms with E-state index in [2.05, 4.69) is 10.6 Å². The minimum atomic E-state index is -1.31. The molecule has 3 rings (SSSR count). The molecule has 0 radical (unpaired) electrons. The van der Waals surface area contributed by atoms with Crippen molar-refractivity contribution < 1.29 is 33.8 Å². The van der Waals surface area contributed by atoms with Crippen LogP contribution in [-0.4, -0.2) is 64.3 Å². The maximum absolute atomic E-state index is 13.0. The van der Waals surface area contributed by atoms with Crippen LogP contribution in [0.25, 0.3) is 0 Å². The number of esters is 1. The standard InChI is InChI=1S/C26H29N3O7/c1-17(25(33)29-14-8-13-21(29)26(34)35)27-24(32)20(28-23(31)19-11-6-3-7-12-19)15-22(30)36-16-18-9-4-2-5-10-18/h2-7,9-12,17,20-21H,8,13-16H2,1H3,(H,27,32)(H,28,31)(H,34,35)/t17-,20?,21-/m0/s1. The maximum atomic E-state index is 13.0. The lowest BCUT2D eigenvalue weighted by atomic mass is 10.1. The van der Waals surface area contributed by atoms with E-state index in [-0.39, 0.29) is 13.2 Å². The number of carbonyl (C=O) groups excluding carboxylic acids is 4. The van der Waals surface area contributed by atoms with Gasteiger partial charge in [0.1, 0.15) is 24.7 Å². The minimum absolute atomic E-state index is 0.00106. The van der Waals surface area contributed by atoms with Gasteiger partial charge in [-0.05, 0) is 37.5 Å². The quantitative estimate of drug-likeness (QED) is 0.424. The number of carbonyl (C=O) groups is 5. The summed E-state index contributed by atoms with van der Waals surface area (Å²) in [7, 11) is 0. The summed E-state index contributed by atoms with van der Waals surface area (Å²) in [5.41, 5.74) is 1.05.